The van der Waals surface area contributed by atoms with Crippen LogP contribution in [0.2, 0.25) is 0 Å². The van der Waals surface area contributed by atoms with E-state index in [4.69, 9.17) is 30.6 Å². The standard InChI is InChI=1S/C20H22N7O7P/c1-20(29)16(28)13(33-19(20)27-10-26-15-17(21)24-9-25-18(15)27)8-32-35(30)31-6-5-12(34-35)11-3-4-14(22-2)23-7-11/h3-4,7,9-10,12-13,16,19,28-29H,5-6,8H2,1H3,(H2,21,24,25)/t12-,13+,16+,19+,20+,35+/m0/s1. The fourth-order valence-electron chi connectivity index (χ4n) is 4.04. The first-order valence-electron chi connectivity index (χ1n) is 10.6. The molecule has 184 valence electrons. The largest absolute Gasteiger partial charge is 0.475 e. The first kappa shape index (κ1) is 23.7. The van der Waals surface area contributed by atoms with E-state index >= 15 is 0 Å². The third-order valence-electron chi connectivity index (χ3n) is 5.93. The number of phosphoric ester groups is 1. The van der Waals surface area contributed by atoms with E-state index in [2.05, 4.69) is 24.8 Å². The molecule has 14 nitrogen and oxygen atoms in total. The molecular weight excluding hydrogens is 481 g/mol. The molecule has 2 saturated heterocycles. The van der Waals surface area contributed by atoms with Crippen LogP contribution in [0, 0.1) is 6.57 Å². The van der Waals surface area contributed by atoms with Crippen molar-refractivity contribution in [2.45, 2.75) is 43.5 Å². The van der Waals surface area contributed by atoms with Gasteiger partial charge in [-0.15, -0.1) is 4.98 Å². The predicted octanol–water partition coefficient (Wildman–Crippen LogP) is 1.67. The number of phosphoric acid groups is 1. The van der Waals surface area contributed by atoms with Gasteiger partial charge in [0, 0.05) is 12.0 Å². The number of aliphatic hydroxyl groups excluding tert-OH is 1. The van der Waals surface area contributed by atoms with E-state index in [-0.39, 0.29) is 18.2 Å². The number of hydrogen-bond acceptors (Lipinski definition) is 12. The van der Waals surface area contributed by atoms with E-state index in [1.54, 1.807) is 6.07 Å². The Hall–Kier alpha value is -3.02. The number of rotatable bonds is 5. The number of aliphatic hydroxyl groups is 2. The fourth-order valence-corrected chi connectivity index (χ4v) is 5.44. The zero-order valence-electron chi connectivity index (χ0n) is 18.5. The second-order valence-corrected chi connectivity index (χ2v) is 9.92. The number of pyridine rings is 1. The molecule has 15 heteroatoms. The molecule has 5 heterocycles. The van der Waals surface area contributed by atoms with Crippen LogP contribution in [0.1, 0.15) is 31.2 Å². The molecule has 0 bridgehead atoms. The molecule has 0 unspecified atom stereocenters. The SMILES string of the molecule is [C-]#[N+]c1ccc([C@@H]2CCO[P@](=O)(OC[C@H]3O[C@@H](n4cnc5c(N)ncnc54)[C@](C)(O)[C@@H]3O)O2)cn1. The summed E-state index contributed by atoms with van der Waals surface area (Å²) in [5.74, 6) is 0.388. The highest BCUT2D eigenvalue weighted by Crippen LogP contribution is 2.57. The number of nitrogens with two attached hydrogens (primary N) is 1. The van der Waals surface area contributed by atoms with Gasteiger partial charge < -0.3 is 25.5 Å². The zero-order chi connectivity index (χ0) is 24.8. The summed E-state index contributed by atoms with van der Waals surface area (Å²) >= 11 is 0. The normalized spacial score (nSPS) is 33.1. The fraction of sp³-hybridized carbons (Fsp3) is 0.450. The second kappa shape index (κ2) is 8.89. The molecule has 2 aliphatic rings. The van der Waals surface area contributed by atoms with E-state index in [0.29, 0.717) is 23.1 Å². The Morgan fingerprint density at radius 1 is 1.37 bits per heavy atom. The third kappa shape index (κ3) is 4.28. The summed E-state index contributed by atoms with van der Waals surface area (Å²) in [5, 5.41) is 21.8. The summed E-state index contributed by atoms with van der Waals surface area (Å²) in [6.45, 7) is 8.09. The lowest BCUT2D eigenvalue weighted by Crippen LogP contribution is -2.44. The Morgan fingerprint density at radius 3 is 2.94 bits per heavy atom. The average Bonchev–Trinajstić information content (AvgIpc) is 3.37. The van der Waals surface area contributed by atoms with E-state index in [1.165, 1.54) is 36.4 Å². The summed E-state index contributed by atoms with van der Waals surface area (Å²) in [6, 6.07) is 3.20. The van der Waals surface area contributed by atoms with Gasteiger partial charge in [-0.25, -0.2) is 19.5 Å². The quantitative estimate of drug-likeness (QED) is 0.339. The van der Waals surface area contributed by atoms with E-state index in [1.807, 2.05) is 0 Å². The topological polar surface area (TPSA) is 181 Å². The number of anilines is 1. The second-order valence-electron chi connectivity index (χ2n) is 8.30. The van der Waals surface area contributed by atoms with Crippen LogP contribution in [-0.4, -0.2) is 65.7 Å². The van der Waals surface area contributed by atoms with Gasteiger partial charge in [-0.2, -0.15) is 0 Å². The van der Waals surface area contributed by atoms with Crippen LogP contribution < -0.4 is 5.73 Å². The average molecular weight is 503 g/mol. The van der Waals surface area contributed by atoms with Gasteiger partial charge in [0.05, 0.1) is 19.5 Å². The van der Waals surface area contributed by atoms with Crippen molar-refractivity contribution in [3.8, 4) is 0 Å². The lowest BCUT2D eigenvalue weighted by atomic mass is 9.96. The molecular formula is C20H22N7O7P. The van der Waals surface area contributed by atoms with Gasteiger partial charge in [0.2, 0.25) is 0 Å². The molecule has 2 fully saturated rings. The van der Waals surface area contributed by atoms with Crippen LogP contribution in [-0.2, 0) is 22.9 Å². The molecule has 5 rings (SSSR count). The Bertz CT molecular complexity index is 1330. The van der Waals surface area contributed by atoms with Crippen molar-refractivity contribution >= 4 is 30.6 Å². The molecule has 0 radical (unpaired) electrons. The molecule has 35 heavy (non-hydrogen) atoms. The Morgan fingerprint density at radius 2 is 2.20 bits per heavy atom. The molecule has 0 saturated carbocycles. The van der Waals surface area contributed by atoms with Crippen molar-refractivity contribution in [2.24, 2.45) is 0 Å². The van der Waals surface area contributed by atoms with Crippen molar-refractivity contribution in [3.63, 3.8) is 0 Å². The molecule has 2 aliphatic heterocycles. The Balaban J connectivity index is 1.29. The van der Waals surface area contributed by atoms with Crippen LogP contribution in [0.25, 0.3) is 16.0 Å². The van der Waals surface area contributed by atoms with E-state index in [0.717, 1.165) is 0 Å². The molecule has 0 aliphatic carbocycles. The minimum Gasteiger partial charge on any atom is -0.387 e. The summed E-state index contributed by atoms with van der Waals surface area (Å²) in [5.41, 5.74) is 5.30. The predicted molar refractivity (Wildman–Crippen MR) is 119 cm³/mol. The Labute approximate surface area is 199 Å². The van der Waals surface area contributed by atoms with Gasteiger partial charge in [-0.05, 0) is 13.0 Å². The van der Waals surface area contributed by atoms with E-state index < -0.39 is 44.6 Å². The van der Waals surface area contributed by atoms with Gasteiger partial charge in [0.15, 0.2) is 17.7 Å². The van der Waals surface area contributed by atoms with Crippen LogP contribution in [0.5, 0.6) is 0 Å². The highest BCUT2D eigenvalue weighted by molar-refractivity contribution is 7.48. The van der Waals surface area contributed by atoms with Gasteiger partial charge in [-0.1, -0.05) is 12.6 Å². The third-order valence-corrected chi connectivity index (χ3v) is 7.41. The number of aromatic nitrogens is 5. The molecule has 0 amide bonds. The molecule has 0 aromatic carbocycles. The summed E-state index contributed by atoms with van der Waals surface area (Å²) < 4.78 is 36.8. The maximum absolute atomic E-state index is 13.1. The highest BCUT2D eigenvalue weighted by atomic mass is 31.2. The van der Waals surface area contributed by atoms with Crippen LogP contribution in [0.15, 0.2) is 31.0 Å². The minimum absolute atomic E-state index is 0.100. The lowest BCUT2D eigenvalue weighted by Gasteiger charge is -2.29. The summed E-state index contributed by atoms with van der Waals surface area (Å²) in [4.78, 5) is 19.4. The molecule has 3 aromatic heterocycles. The van der Waals surface area contributed by atoms with E-state index in [9.17, 15) is 14.8 Å². The van der Waals surface area contributed by atoms with Crippen molar-refractivity contribution < 1.29 is 33.1 Å². The minimum atomic E-state index is -4.02. The lowest BCUT2D eigenvalue weighted by molar-refractivity contribution is -0.0953. The van der Waals surface area contributed by atoms with Gasteiger partial charge in [0.25, 0.3) is 5.82 Å². The number of hydrogen-bond donors (Lipinski definition) is 3. The maximum atomic E-state index is 13.1. The Kier molecular flexibility index (Phi) is 6.02. The molecule has 6 atom stereocenters. The first-order chi connectivity index (χ1) is 16.7. The smallest absolute Gasteiger partial charge is 0.387 e. The van der Waals surface area contributed by atoms with Crippen molar-refractivity contribution in [1.29, 1.82) is 0 Å². The monoisotopic (exact) mass is 503 g/mol. The molecule has 0 spiro atoms. The van der Waals surface area contributed by atoms with Crippen molar-refractivity contribution in [3.05, 3.63) is 48.0 Å². The van der Waals surface area contributed by atoms with Crippen molar-refractivity contribution in [2.75, 3.05) is 18.9 Å². The van der Waals surface area contributed by atoms with Crippen LogP contribution in [0.3, 0.4) is 0 Å². The number of nitrogen functional groups attached to an aromatic ring is 1. The van der Waals surface area contributed by atoms with Gasteiger partial charge in [0.1, 0.15) is 42.0 Å². The molecule has 4 N–H and O–H groups in total. The highest BCUT2D eigenvalue weighted by Gasteiger charge is 2.54. The number of imidazole rings is 1. The zero-order valence-corrected chi connectivity index (χ0v) is 19.4. The first-order valence-corrected chi connectivity index (χ1v) is 12.1. The van der Waals surface area contributed by atoms with Crippen molar-refractivity contribution in [1.82, 2.24) is 24.5 Å². The van der Waals surface area contributed by atoms with Crippen LogP contribution >= 0.6 is 7.82 Å². The number of fused-ring (bicyclic) bond motifs is 1. The maximum Gasteiger partial charge on any atom is 0.475 e. The molecule has 3 aromatic rings. The number of nitrogens with zero attached hydrogens (tertiary/aromatic N) is 6. The van der Waals surface area contributed by atoms with Crippen LogP contribution in [0.4, 0.5) is 11.6 Å². The van der Waals surface area contributed by atoms with Gasteiger partial charge >= 0.3 is 7.82 Å². The number of ether oxygens (including phenoxy) is 1. The van der Waals surface area contributed by atoms with Gasteiger partial charge in [-0.3, -0.25) is 18.1 Å². The summed E-state index contributed by atoms with van der Waals surface area (Å²) in [7, 11) is -4.02. The summed E-state index contributed by atoms with van der Waals surface area (Å²) in [6.07, 6.45) is 0.301.